The molecule has 0 radical (unpaired) electrons. The first-order valence-corrected chi connectivity index (χ1v) is 16.8. The van der Waals surface area contributed by atoms with Gasteiger partial charge in [-0.1, -0.05) is 153 Å². The molecule has 0 unspecified atom stereocenters. The Hall–Kier alpha value is -3.82. The molecule has 0 heterocycles. The van der Waals surface area contributed by atoms with Crippen LogP contribution in [0, 0.1) is 0 Å². The summed E-state index contributed by atoms with van der Waals surface area (Å²) < 4.78 is 0. The molecule has 0 bridgehead atoms. The fourth-order valence-electron chi connectivity index (χ4n) is 4.80. The van der Waals surface area contributed by atoms with Gasteiger partial charge in [-0.25, -0.2) is 0 Å². The minimum absolute atomic E-state index is 0. The Kier molecular flexibility index (Phi) is 10.6. The second-order valence-electron chi connectivity index (χ2n) is 9.35. The standard InChI is InChI=1S/C19H18P.C18H15P.CH4/c1-20(17-11-5-2-6-12-17,18-13-7-3-8-14-18)19-15-9-4-10-16-19;1-4-10-16(11-5-1)19(17-12-6-2-7-13-17)18-14-8-3-9-15-18;/h2-16H,1H3;1-15H;1H4/q+1;;. The van der Waals surface area contributed by atoms with E-state index in [4.69, 9.17) is 0 Å². The van der Waals surface area contributed by atoms with Crippen LogP contribution in [0.25, 0.3) is 0 Å². The summed E-state index contributed by atoms with van der Waals surface area (Å²) in [5, 5.41) is 8.48. The number of rotatable bonds is 6. The van der Waals surface area contributed by atoms with Crippen LogP contribution in [-0.2, 0) is 0 Å². The molecule has 0 saturated heterocycles. The van der Waals surface area contributed by atoms with Crippen molar-refractivity contribution in [3.05, 3.63) is 182 Å². The van der Waals surface area contributed by atoms with Crippen LogP contribution >= 0.6 is 15.2 Å². The first-order chi connectivity index (χ1) is 19.3. The molecule has 6 aromatic rings. The van der Waals surface area contributed by atoms with Crippen molar-refractivity contribution < 1.29 is 0 Å². The van der Waals surface area contributed by atoms with Gasteiger partial charge in [-0.2, -0.15) is 0 Å². The van der Waals surface area contributed by atoms with Gasteiger partial charge in [-0.3, -0.25) is 0 Å². The van der Waals surface area contributed by atoms with E-state index in [9.17, 15) is 0 Å². The molecule has 0 N–H and O–H groups in total. The Labute approximate surface area is 242 Å². The molecule has 0 amide bonds. The van der Waals surface area contributed by atoms with E-state index in [1.807, 2.05) is 0 Å². The summed E-state index contributed by atoms with van der Waals surface area (Å²) in [6.07, 6.45) is 0. The molecular formula is C38H37P2+. The highest BCUT2D eigenvalue weighted by molar-refractivity contribution is 7.95. The first-order valence-electron chi connectivity index (χ1n) is 13.3. The topological polar surface area (TPSA) is 0 Å². The third-order valence-corrected chi connectivity index (χ3v) is 13.3. The monoisotopic (exact) mass is 555 g/mol. The number of benzene rings is 6. The van der Waals surface area contributed by atoms with Gasteiger partial charge in [0.25, 0.3) is 0 Å². The van der Waals surface area contributed by atoms with Crippen molar-refractivity contribution in [2.75, 3.05) is 6.66 Å². The number of hydrogen-bond acceptors (Lipinski definition) is 0. The Balaban J connectivity index is 0.000000181. The minimum atomic E-state index is -1.53. The molecule has 0 aliphatic heterocycles. The van der Waals surface area contributed by atoms with Crippen molar-refractivity contribution in [1.29, 1.82) is 0 Å². The van der Waals surface area contributed by atoms with Crippen LogP contribution in [0.15, 0.2) is 182 Å². The average molecular weight is 556 g/mol. The van der Waals surface area contributed by atoms with Crippen LogP contribution in [0.4, 0.5) is 0 Å². The van der Waals surface area contributed by atoms with Crippen molar-refractivity contribution in [3.8, 4) is 0 Å². The second-order valence-corrected chi connectivity index (χ2v) is 15.1. The van der Waals surface area contributed by atoms with Crippen molar-refractivity contribution in [2.24, 2.45) is 0 Å². The van der Waals surface area contributed by atoms with Gasteiger partial charge in [0.1, 0.15) is 23.2 Å². The summed E-state index contributed by atoms with van der Waals surface area (Å²) in [5.41, 5.74) is 0. The summed E-state index contributed by atoms with van der Waals surface area (Å²) in [4.78, 5) is 0. The van der Waals surface area contributed by atoms with E-state index >= 15 is 0 Å². The van der Waals surface area contributed by atoms with Gasteiger partial charge >= 0.3 is 0 Å². The quantitative estimate of drug-likeness (QED) is 0.185. The highest BCUT2D eigenvalue weighted by Gasteiger charge is 2.39. The Morgan fingerprint density at radius 1 is 0.325 bits per heavy atom. The van der Waals surface area contributed by atoms with Crippen molar-refractivity contribution in [1.82, 2.24) is 0 Å². The van der Waals surface area contributed by atoms with Gasteiger partial charge < -0.3 is 0 Å². The largest absolute Gasteiger partial charge is 0.109 e. The zero-order valence-electron chi connectivity index (χ0n) is 22.2. The molecule has 0 spiro atoms. The Morgan fingerprint density at radius 2 is 0.525 bits per heavy atom. The van der Waals surface area contributed by atoms with E-state index in [2.05, 4.69) is 189 Å². The van der Waals surface area contributed by atoms with Crippen LogP contribution in [0.1, 0.15) is 7.43 Å². The molecule has 0 atom stereocenters. The minimum Gasteiger partial charge on any atom is -0.0776 e. The van der Waals surface area contributed by atoms with Gasteiger partial charge in [0.2, 0.25) is 0 Å². The SMILES string of the molecule is C.C[P+](c1ccccc1)(c1ccccc1)c1ccccc1.c1ccc(P(c2ccccc2)c2ccccc2)cc1. The summed E-state index contributed by atoms with van der Waals surface area (Å²) in [6.45, 7) is 2.41. The predicted octanol–water partition coefficient (Wildman–Crippen LogP) is 7.69. The molecule has 0 nitrogen and oxygen atoms in total. The highest BCUT2D eigenvalue weighted by atomic mass is 31.2. The molecule has 0 saturated carbocycles. The highest BCUT2D eigenvalue weighted by Crippen LogP contribution is 2.51. The molecule has 0 aliphatic rings. The molecule has 6 aromatic carbocycles. The van der Waals surface area contributed by atoms with E-state index in [-0.39, 0.29) is 7.43 Å². The zero-order valence-corrected chi connectivity index (χ0v) is 24.0. The Bertz CT molecular complexity index is 1330. The van der Waals surface area contributed by atoms with Gasteiger partial charge in [0.15, 0.2) is 0 Å². The molecule has 40 heavy (non-hydrogen) atoms. The first kappa shape index (κ1) is 29.2. The Morgan fingerprint density at radius 3 is 0.750 bits per heavy atom. The third-order valence-electron chi connectivity index (χ3n) is 6.86. The van der Waals surface area contributed by atoms with Gasteiger partial charge in [-0.15, -0.1) is 0 Å². The van der Waals surface area contributed by atoms with Crippen LogP contribution in [-0.4, -0.2) is 6.66 Å². The molecular weight excluding hydrogens is 518 g/mol. The third kappa shape index (κ3) is 6.84. The van der Waals surface area contributed by atoms with Gasteiger partial charge in [-0.05, 0) is 60.2 Å². The van der Waals surface area contributed by atoms with Gasteiger partial charge in [0, 0.05) is 0 Å². The molecule has 0 aromatic heterocycles. The normalized spacial score (nSPS) is 10.7. The summed E-state index contributed by atoms with van der Waals surface area (Å²) in [6, 6.07) is 65.0. The smallest absolute Gasteiger partial charge is 0.0776 e. The van der Waals surface area contributed by atoms with E-state index in [0.717, 1.165) is 0 Å². The molecule has 0 fully saturated rings. The second kappa shape index (κ2) is 14.5. The van der Waals surface area contributed by atoms with Crippen molar-refractivity contribution in [2.45, 2.75) is 7.43 Å². The predicted molar refractivity (Wildman–Crippen MR) is 183 cm³/mol. The molecule has 0 aliphatic carbocycles. The van der Waals surface area contributed by atoms with E-state index < -0.39 is 15.2 Å². The lowest BCUT2D eigenvalue weighted by Gasteiger charge is -2.22. The van der Waals surface area contributed by atoms with Crippen LogP contribution in [0.3, 0.4) is 0 Å². The maximum Gasteiger partial charge on any atom is 0.109 e. The average Bonchev–Trinajstić information content (AvgIpc) is 3.04. The van der Waals surface area contributed by atoms with Crippen molar-refractivity contribution in [3.63, 3.8) is 0 Å². The van der Waals surface area contributed by atoms with E-state index in [0.29, 0.717) is 0 Å². The van der Waals surface area contributed by atoms with Crippen LogP contribution in [0.2, 0.25) is 0 Å². The van der Waals surface area contributed by atoms with Crippen LogP contribution < -0.4 is 31.8 Å². The van der Waals surface area contributed by atoms with E-state index in [1.54, 1.807) is 0 Å². The lowest BCUT2D eigenvalue weighted by Crippen LogP contribution is -2.30. The fraction of sp³-hybridized carbons (Fsp3) is 0.0526. The van der Waals surface area contributed by atoms with Gasteiger partial charge in [0.05, 0.1) is 6.66 Å². The zero-order chi connectivity index (χ0) is 26.8. The summed E-state index contributed by atoms with van der Waals surface area (Å²) in [5.74, 6) is 0. The maximum absolute atomic E-state index is 2.41. The number of hydrogen-bond donors (Lipinski definition) is 0. The molecule has 2 heteroatoms. The maximum atomic E-state index is 2.41. The van der Waals surface area contributed by atoms with Crippen molar-refractivity contribution >= 4 is 47.0 Å². The van der Waals surface area contributed by atoms with Crippen LogP contribution in [0.5, 0.6) is 0 Å². The molecule has 198 valence electrons. The fourth-order valence-corrected chi connectivity index (χ4v) is 10.3. The molecule has 6 rings (SSSR count). The summed E-state index contributed by atoms with van der Waals surface area (Å²) >= 11 is 0. The lowest BCUT2D eigenvalue weighted by atomic mass is 10.4. The van der Waals surface area contributed by atoms with E-state index in [1.165, 1.54) is 31.8 Å². The lowest BCUT2D eigenvalue weighted by molar-refractivity contribution is 1.72. The summed E-state index contributed by atoms with van der Waals surface area (Å²) in [7, 11) is -1.97.